The summed E-state index contributed by atoms with van der Waals surface area (Å²) in [4.78, 5) is 12.2. The Hall–Kier alpha value is -1.77. The highest BCUT2D eigenvalue weighted by molar-refractivity contribution is 5.67. The van der Waals surface area contributed by atoms with E-state index in [0.29, 0.717) is 24.9 Å². The van der Waals surface area contributed by atoms with Gasteiger partial charge in [-0.05, 0) is 36.9 Å². The van der Waals surface area contributed by atoms with Gasteiger partial charge in [0, 0.05) is 13.1 Å². The van der Waals surface area contributed by atoms with Crippen molar-refractivity contribution in [2.75, 3.05) is 19.6 Å². The zero-order valence-corrected chi connectivity index (χ0v) is 13.8. The van der Waals surface area contributed by atoms with Crippen molar-refractivity contribution < 1.29 is 36.2 Å². The predicted molar refractivity (Wildman–Crippen MR) is 81.7 cm³/mol. The maximum absolute atomic E-state index is 13.0. The summed E-state index contributed by atoms with van der Waals surface area (Å²) >= 11 is 0. The number of carbonyl (C=O) groups is 1. The van der Waals surface area contributed by atoms with E-state index >= 15 is 0 Å². The molecule has 0 radical (unpaired) electrons. The van der Waals surface area contributed by atoms with Crippen LogP contribution in [-0.4, -0.2) is 41.8 Å². The maximum atomic E-state index is 13.0. The summed E-state index contributed by atoms with van der Waals surface area (Å²) in [5.41, 5.74) is -0.350. The summed E-state index contributed by atoms with van der Waals surface area (Å²) in [5, 5.41) is 8.69. The molecular formula is C17H19F6NO2. The van der Waals surface area contributed by atoms with Gasteiger partial charge in [-0.1, -0.05) is 18.2 Å². The first kappa shape index (κ1) is 20.5. The topological polar surface area (TPSA) is 40.5 Å². The summed E-state index contributed by atoms with van der Waals surface area (Å²) in [5.74, 6) is -3.84. The smallest absolute Gasteiger partial charge is 0.416 e. The molecule has 0 aromatic heterocycles. The Labute approximate surface area is 146 Å². The van der Waals surface area contributed by atoms with Gasteiger partial charge in [0.05, 0.1) is 17.9 Å². The van der Waals surface area contributed by atoms with Crippen LogP contribution in [0.2, 0.25) is 0 Å². The van der Waals surface area contributed by atoms with Crippen LogP contribution in [0, 0.1) is 5.92 Å². The number of hydrogen-bond acceptors (Lipinski definition) is 2. The van der Waals surface area contributed by atoms with Crippen molar-refractivity contribution >= 4 is 5.97 Å². The van der Waals surface area contributed by atoms with Gasteiger partial charge in [-0.2, -0.15) is 26.3 Å². The Balaban J connectivity index is 2.10. The Morgan fingerprint density at radius 3 is 2.50 bits per heavy atom. The Morgan fingerprint density at radius 2 is 1.92 bits per heavy atom. The molecule has 1 heterocycles. The largest absolute Gasteiger partial charge is 0.481 e. The number of halogens is 6. The molecule has 2 unspecified atom stereocenters. The Bertz CT molecular complexity index is 628. The van der Waals surface area contributed by atoms with E-state index in [1.165, 1.54) is 11.0 Å². The van der Waals surface area contributed by atoms with Crippen LogP contribution in [0.4, 0.5) is 26.3 Å². The third kappa shape index (κ3) is 5.62. The van der Waals surface area contributed by atoms with E-state index in [9.17, 15) is 31.1 Å². The van der Waals surface area contributed by atoms with Gasteiger partial charge in [0.2, 0.25) is 0 Å². The highest BCUT2D eigenvalue weighted by atomic mass is 19.4. The number of benzene rings is 1. The molecule has 0 amide bonds. The third-order valence-electron chi connectivity index (χ3n) is 4.55. The first-order valence-corrected chi connectivity index (χ1v) is 8.15. The lowest BCUT2D eigenvalue weighted by Gasteiger charge is -2.35. The fourth-order valence-corrected chi connectivity index (χ4v) is 3.27. The van der Waals surface area contributed by atoms with Gasteiger partial charge in [0.25, 0.3) is 0 Å². The van der Waals surface area contributed by atoms with Gasteiger partial charge in [0.1, 0.15) is 0 Å². The molecule has 0 bridgehead atoms. The number of hydrogen-bond donors (Lipinski definition) is 1. The lowest BCUT2D eigenvalue weighted by atomic mass is 9.89. The van der Waals surface area contributed by atoms with Crippen LogP contribution in [0.25, 0.3) is 0 Å². The quantitative estimate of drug-likeness (QED) is 0.759. The second kappa shape index (κ2) is 7.85. The first-order valence-electron chi connectivity index (χ1n) is 8.15. The normalized spacial score (nSPS) is 20.8. The lowest BCUT2D eigenvalue weighted by Crippen LogP contribution is -2.42. The number of piperidine rings is 1. The van der Waals surface area contributed by atoms with Crippen LogP contribution in [0.1, 0.15) is 36.3 Å². The van der Waals surface area contributed by atoms with Crippen LogP contribution < -0.4 is 0 Å². The summed E-state index contributed by atoms with van der Waals surface area (Å²) in [6.45, 7) is 0.0699. The second-order valence-electron chi connectivity index (χ2n) is 6.56. The molecule has 1 aromatic carbocycles. The second-order valence-corrected chi connectivity index (χ2v) is 6.56. The average Bonchev–Trinajstić information content (AvgIpc) is 2.53. The molecule has 1 N–H and O–H groups in total. The van der Waals surface area contributed by atoms with Crippen molar-refractivity contribution in [3.05, 3.63) is 35.4 Å². The molecular weight excluding hydrogens is 364 g/mol. The monoisotopic (exact) mass is 383 g/mol. The van der Waals surface area contributed by atoms with Crippen molar-refractivity contribution in [2.24, 2.45) is 5.92 Å². The Morgan fingerprint density at radius 1 is 1.23 bits per heavy atom. The lowest BCUT2D eigenvalue weighted by molar-refractivity contribution is -0.187. The molecule has 146 valence electrons. The van der Waals surface area contributed by atoms with Gasteiger partial charge in [-0.25, -0.2) is 0 Å². The van der Waals surface area contributed by atoms with Crippen molar-refractivity contribution in [1.82, 2.24) is 4.90 Å². The molecule has 1 fully saturated rings. The molecule has 3 nitrogen and oxygen atoms in total. The number of likely N-dealkylation sites (tertiary alicyclic amines) is 1. The molecule has 1 aliphatic heterocycles. The third-order valence-corrected chi connectivity index (χ3v) is 4.55. The van der Waals surface area contributed by atoms with Crippen molar-refractivity contribution in [2.45, 2.75) is 37.5 Å². The summed E-state index contributed by atoms with van der Waals surface area (Å²) < 4.78 is 77.6. The van der Waals surface area contributed by atoms with Gasteiger partial charge >= 0.3 is 18.3 Å². The molecule has 2 atom stereocenters. The minimum atomic E-state index is -4.64. The zero-order valence-electron chi connectivity index (χ0n) is 13.8. The van der Waals surface area contributed by atoms with E-state index in [1.807, 2.05) is 0 Å². The molecule has 1 aliphatic rings. The minimum Gasteiger partial charge on any atom is -0.481 e. The number of alkyl halides is 6. The highest BCUT2D eigenvalue weighted by Gasteiger charge is 2.42. The van der Waals surface area contributed by atoms with E-state index in [-0.39, 0.29) is 12.5 Å². The summed E-state index contributed by atoms with van der Waals surface area (Å²) in [7, 11) is 0. The van der Waals surface area contributed by atoms with Crippen molar-refractivity contribution in [3.63, 3.8) is 0 Å². The van der Waals surface area contributed by atoms with E-state index in [1.54, 1.807) is 6.07 Å². The average molecular weight is 383 g/mol. The molecule has 0 aliphatic carbocycles. The number of carboxylic acids is 1. The fraction of sp³-hybridized carbons (Fsp3) is 0.588. The number of carboxylic acid groups (broad SMARTS) is 1. The van der Waals surface area contributed by atoms with Crippen LogP contribution in [-0.2, 0) is 11.0 Å². The summed E-state index contributed by atoms with van der Waals surface area (Å²) in [6.07, 6.45) is -9.02. The molecule has 0 saturated carbocycles. The van der Waals surface area contributed by atoms with Crippen LogP contribution >= 0.6 is 0 Å². The molecule has 2 rings (SSSR count). The van der Waals surface area contributed by atoms with Crippen molar-refractivity contribution in [3.8, 4) is 0 Å². The van der Waals surface area contributed by atoms with E-state index in [4.69, 9.17) is 5.11 Å². The van der Waals surface area contributed by atoms with Gasteiger partial charge in [-0.15, -0.1) is 0 Å². The predicted octanol–water partition coefficient (Wildman–Crippen LogP) is 4.54. The number of nitrogens with zero attached hydrogens (tertiary/aromatic N) is 1. The fourth-order valence-electron chi connectivity index (χ4n) is 3.27. The van der Waals surface area contributed by atoms with Gasteiger partial charge < -0.3 is 10.0 Å². The zero-order chi connectivity index (χ0) is 19.5. The van der Waals surface area contributed by atoms with Crippen LogP contribution in [0.3, 0.4) is 0 Å². The number of aliphatic carboxylic acids is 1. The van der Waals surface area contributed by atoms with Crippen LogP contribution in [0.15, 0.2) is 24.3 Å². The highest BCUT2D eigenvalue weighted by Crippen LogP contribution is 2.35. The molecule has 0 spiro atoms. The van der Waals surface area contributed by atoms with Gasteiger partial charge in [-0.3, -0.25) is 4.79 Å². The van der Waals surface area contributed by atoms with E-state index in [0.717, 1.165) is 12.1 Å². The van der Waals surface area contributed by atoms with E-state index < -0.39 is 42.8 Å². The Kier molecular flexibility index (Phi) is 6.21. The SMILES string of the molecule is O=C(O)CC(CN1CCCC(c2cccc(C(F)(F)F)c2)C1)C(F)(F)F. The minimum absolute atomic E-state index is 0.174. The summed E-state index contributed by atoms with van der Waals surface area (Å²) in [6, 6.07) is 4.82. The molecule has 1 saturated heterocycles. The molecule has 1 aromatic rings. The molecule has 26 heavy (non-hydrogen) atoms. The van der Waals surface area contributed by atoms with E-state index in [2.05, 4.69) is 0 Å². The first-order chi connectivity index (χ1) is 12.0. The maximum Gasteiger partial charge on any atom is 0.416 e. The van der Waals surface area contributed by atoms with Crippen molar-refractivity contribution in [1.29, 1.82) is 0 Å². The number of rotatable bonds is 5. The standard InChI is InChI=1S/C17H19F6NO2/c18-16(19,20)13-5-1-3-11(7-13)12-4-2-6-24(9-12)10-14(8-15(25)26)17(21,22)23/h1,3,5,7,12,14H,2,4,6,8-10H2,(H,25,26). The van der Waals surface area contributed by atoms with Crippen LogP contribution in [0.5, 0.6) is 0 Å². The molecule has 9 heteroatoms. The van der Waals surface area contributed by atoms with Gasteiger partial charge in [0.15, 0.2) is 0 Å².